The quantitative estimate of drug-likeness (QED) is 0.244. The number of nitrogens with one attached hydrogen (secondary N) is 3. The minimum absolute atomic E-state index is 0.0437. The lowest BCUT2D eigenvalue weighted by molar-refractivity contribution is -0.113. The molecule has 35 heavy (non-hydrogen) atoms. The molecule has 10 nitrogen and oxygen atoms in total. The normalized spacial score (nSPS) is 10.8. The number of ketones is 1. The van der Waals surface area contributed by atoms with E-state index in [1.54, 1.807) is 53.1 Å². The Kier molecular flexibility index (Phi) is 7.28. The van der Waals surface area contributed by atoms with Crippen molar-refractivity contribution in [2.75, 3.05) is 11.1 Å². The molecule has 12 heteroatoms. The highest BCUT2D eigenvalue weighted by molar-refractivity contribution is 7.99. The molecule has 0 atom stereocenters. The van der Waals surface area contributed by atoms with Crippen molar-refractivity contribution in [2.45, 2.75) is 18.5 Å². The third-order valence-electron chi connectivity index (χ3n) is 4.86. The standard InChI is InChI=1S/C23H19ClN6O4S/c1-13(31)14-2-6-16(7-3-14)25-21(33)12-35-23-29-28-19(10-17-11-20(32)27-22(34)26-17)30(23)18-8-4-15(24)5-9-18/h2-9,11H,10,12H2,1H3,(H,25,33)(H2,26,27,32,34). The van der Waals surface area contributed by atoms with Gasteiger partial charge in [0.05, 0.1) is 5.75 Å². The van der Waals surface area contributed by atoms with E-state index in [0.717, 1.165) is 0 Å². The number of Topliss-reactive ketones (excluding diaryl/α,β-unsaturated/α-hetero) is 1. The van der Waals surface area contributed by atoms with Crippen molar-refractivity contribution in [2.24, 2.45) is 0 Å². The number of hydrogen-bond acceptors (Lipinski definition) is 7. The largest absolute Gasteiger partial charge is 0.325 e. The van der Waals surface area contributed by atoms with Crippen molar-refractivity contribution in [1.82, 2.24) is 24.7 Å². The number of carbonyl (C=O) groups is 2. The van der Waals surface area contributed by atoms with Crippen LogP contribution in [-0.4, -0.2) is 42.2 Å². The predicted molar refractivity (Wildman–Crippen MR) is 133 cm³/mol. The van der Waals surface area contributed by atoms with Crippen LogP contribution in [0.5, 0.6) is 0 Å². The predicted octanol–water partition coefficient (Wildman–Crippen LogP) is 2.82. The van der Waals surface area contributed by atoms with Crippen molar-refractivity contribution in [3.8, 4) is 5.69 Å². The zero-order chi connectivity index (χ0) is 24.9. The van der Waals surface area contributed by atoms with Crippen molar-refractivity contribution in [3.63, 3.8) is 0 Å². The second-order valence-corrected chi connectivity index (χ2v) is 8.85. The van der Waals surface area contributed by atoms with E-state index >= 15 is 0 Å². The minimum atomic E-state index is -0.618. The number of aromatic amines is 2. The molecule has 0 aliphatic rings. The number of aromatic nitrogens is 5. The molecule has 0 aliphatic carbocycles. The number of halogens is 1. The number of amides is 1. The molecule has 0 bridgehead atoms. The summed E-state index contributed by atoms with van der Waals surface area (Å²) in [5.74, 6) is 0.176. The fraction of sp³-hybridized carbons (Fsp3) is 0.130. The summed E-state index contributed by atoms with van der Waals surface area (Å²) >= 11 is 7.20. The number of thioether (sulfide) groups is 1. The van der Waals surface area contributed by atoms with Gasteiger partial charge >= 0.3 is 5.69 Å². The fourth-order valence-electron chi connectivity index (χ4n) is 3.26. The Morgan fingerprint density at radius 1 is 1.03 bits per heavy atom. The Bertz CT molecular complexity index is 1460. The third kappa shape index (κ3) is 6.14. The average molecular weight is 511 g/mol. The Balaban J connectivity index is 1.55. The maximum atomic E-state index is 12.5. The first-order valence-corrected chi connectivity index (χ1v) is 11.7. The number of H-pyrrole nitrogens is 2. The molecule has 0 spiro atoms. The van der Waals surface area contributed by atoms with E-state index in [4.69, 9.17) is 11.6 Å². The van der Waals surface area contributed by atoms with Crippen LogP contribution in [0, 0.1) is 0 Å². The summed E-state index contributed by atoms with van der Waals surface area (Å²) in [6.45, 7) is 1.48. The second kappa shape index (κ2) is 10.5. The molecule has 0 saturated heterocycles. The number of hydrogen-bond donors (Lipinski definition) is 3. The summed E-state index contributed by atoms with van der Waals surface area (Å²) in [6, 6.07) is 14.9. The van der Waals surface area contributed by atoms with Crippen LogP contribution >= 0.6 is 23.4 Å². The summed E-state index contributed by atoms with van der Waals surface area (Å²) in [6.07, 6.45) is 0.129. The Morgan fingerprint density at radius 3 is 2.40 bits per heavy atom. The second-order valence-electron chi connectivity index (χ2n) is 7.47. The van der Waals surface area contributed by atoms with E-state index in [1.807, 2.05) is 0 Å². The Labute approximate surface area is 207 Å². The summed E-state index contributed by atoms with van der Waals surface area (Å²) in [4.78, 5) is 52.0. The van der Waals surface area contributed by atoms with E-state index in [1.165, 1.54) is 24.8 Å². The number of anilines is 1. The SMILES string of the molecule is CC(=O)c1ccc(NC(=O)CSc2nnc(Cc3cc(=O)[nH]c(=O)[nH]3)n2-c2ccc(Cl)cc2)cc1. The highest BCUT2D eigenvalue weighted by atomic mass is 35.5. The molecule has 4 aromatic rings. The summed E-state index contributed by atoms with van der Waals surface area (Å²) in [5.41, 5.74) is 1.05. The van der Waals surface area contributed by atoms with Crippen molar-refractivity contribution >= 4 is 40.7 Å². The average Bonchev–Trinajstić information content (AvgIpc) is 3.20. The van der Waals surface area contributed by atoms with Gasteiger partial charge in [0.25, 0.3) is 5.56 Å². The highest BCUT2D eigenvalue weighted by Crippen LogP contribution is 2.24. The maximum absolute atomic E-state index is 12.5. The molecule has 0 aliphatic heterocycles. The van der Waals surface area contributed by atoms with Crippen LogP contribution in [0.2, 0.25) is 5.02 Å². The van der Waals surface area contributed by atoms with E-state index < -0.39 is 11.2 Å². The molecule has 1 amide bonds. The molecule has 2 aromatic heterocycles. The first kappa shape index (κ1) is 24.2. The summed E-state index contributed by atoms with van der Waals surface area (Å²) in [5, 5.41) is 12.2. The van der Waals surface area contributed by atoms with Crippen LogP contribution in [-0.2, 0) is 11.2 Å². The van der Waals surface area contributed by atoms with Crippen LogP contribution in [0.1, 0.15) is 28.8 Å². The summed E-state index contributed by atoms with van der Waals surface area (Å²) in [7, 11) is 0. The molecule has 178 valence electrons. The number of nitrogens with zero attached hydrogens (tertiary/aromatic N) is 3. The minimum Gasteiger partial charge on any atom is -0.325 e. The Hall–Kier alpha value is -3.96. The Morgan fingerprint density at radius 2 is 1.74 bits per heavy atom. The van der Waals surface area contributed by atoms with Gasteiger partial charge in [-0.1, -0.05) is 23.4 Å². The molecule has 2 heterocycles. The van der Waals surface area contributed by atoms with Gasteiger partial charge in [-0.05, 0) is 55.5 Å². The van der Waals surface area contributed by atoms with Gasteiger partial charge in [-0.25, -0.2) is 4.79 Å². The molecule has 2 aromatic carbocycles. The van der Waals surface area contributed by atoms with Gasteiger partial charge in [0.1, 0.15) is 5.82 Å². The lowest BCUT2D eigenvalue weighted by atomic mass is 10.1. The number of benzene rings is 2. The molecule has 3 N–H and O–H groups in total. The highest BCUT2D eigenvalue weighted by Gasteiger charge is 2.17. The molecular formula is C23H19ClN6O4S. The van der Waals surface area contributed by atoms with Crippen LogP contribution in [0.3, 0.4) is 0 Å². The lowest BCUT2D eigenvalue weighted by Gasteiger charge is -2.11. The van der Waals surface area contributed by atoms with Crippen molar-refractivity contribution < 1.29 is 9.59 Å². The lowest BCUT2D eigenvalue weighted by Crippen LogP contribution is -2.23. The van der Waals surface area contributed by atoms with Crippen molar-refractivity contribution in [1.29, 1.82) is 0 Å². The monoisotopic (exact) mass is 510 g/mol. The van der Waals surface area contributed by atoms with E-state index in [2.05, 4.69) is 25.5 Å². The van der Waals surface area contributed by atoms with Gasteiger partial charge in [-0.15, -0.1) is 10.2 Å². The first-order chi connectivity index (χ1) is 16.8. The topological polar surface area (TPSA) is 143 Å². The zero-order valence-electron chi connectivity index (χ0n) is 18.4. The van der Waals surface area contributed by atoms with Crippen LogP contribution in [0.15, 0.2) is 69.3 Å². The van der Waals surface area contributed by atoms with Crippen LogP contribution < -0.4 is 16.6 Å². The van der Waals surface area contributed by atoms with Crippen molar-refractivity contribution in [3.05, 3.63) is 97.5 Å². The van der Waals surface area contributed by atoms with Gasteiger partial charge in [-0.2, -0.15) is 0 Å². The van der Waals surface area contributed by atoms with Gasteiger partial charge in [-0.3, -0.25) is 23.9 Å². The molecule has 0 saturated carbocycles. The number of carbonyl (C=O) groups excluding carboxylic acids is 2. The van der Waals surface area contributed by atoms with Gasteiger partial charge in [0, 0.05) is 40.1 Å². The fourth-order valence-corrected chi connectivity index (χ4v) is 4.15. The van der Waals surface area contributed by atoms with Crippen LogP contribution in [0.25, 0.3) is 5.69 Å². The smallest absolute Gasteiger partial charge is 0.325 e. The van der Waals surface area contributed by atoms with E-state index in [0.29, 0.717) is 38.6 Å². The number of rotatable bonds is 8. The summed E-state index contributed by atoms with van der Waals surface area (Å²) < 4.78 is 1.73. The zero-order valence-corrected chi connectivity index (χ0v) is 19.9. The van der Waals surface area contributed by atoms with E-state index in [9.17, 15) is 19.2 Å². The first-order valence-electron chi connectivity index (χ1n) is 10.3. The molecular weight excluding hydrogens is 492 g/mol. The third-order valence-corrected chi connectivity index (χ3v) is 6.04. The maximum Gasteiger partial charge on any atom is 0.325 e. The molecule has 4 rings (SSSR count). The molecule has 0 fully saturated rings. The van der Waals surface area contributed by atoms with Gasteiger partial charge in [0.15, 0.2) is 10.9 Å². The van der Waals surface area contributed by atoms with Gasteiger partial charge < -0.3 is 10.3 Å². The molecule has 0 unspecified atom stereocenters. The van der Waals surface area contributed by atoms with Crippen LogP contribution in [0.4, 0.5) is 5.69 Å². The molecule has 0 radical (unpaired) electrons. The van der Waals surface area contributed by atoms with Gasteiger partial charge in [0.2, 0.25) is 5.91 Å². The van der Waals surface area contributed by atoms with E-state index in [-0.39, 0.29) is 23.9 Å².